The van der Waals surface area contributed by atoms with E-state index in [2.05, 4.69) is 25.5 Å². The van der Waals surface area contributed by atoms with Crippen LogP contribution in [-0.2, 0) is 6.18 Å². The number of hydrogen-bond acceptors (Lipinski definition) is 5. The fourth-order valence-corrected chi connectivity index (χ4v) is 4.12. The topological polar surface area (TPSA) is 69.7 Å². The monoisotopic (exact) mass is 414 g/mol. The molecule has 1 saturated heterocycles. The number of alkyl halides is 3. The van der Waals surface area contributed by atoms with Crippen LogP contribution in [0.5, 0.6) is 0 Å². The van der Waals surface area contributed by atoms with E-state index in [1.54, 1.807) is 18.2 Å². The Labute approximate surface area is 171 Å². The SMILES string of the molecule is FC(F)(F)c1ccccc1C1CCCN1c1cc(Nc2cc(C3CC3)[nH]n2)ncn1. The molecule has 2 N–H and O–H groups in total. The minimum atomic E-state index is -4.39. The Bertz CT molecular complexity index is 1040. The molecule has 30 heavy (non-hydrogen) atoms. The van der Waals surface area contributed by atoms with Crippen LogP contribution in [0.2, 0.25) is 0 Å². The molecule has 1 aliphatic carbocycles. The van der Waals surface area contributed by atoms with Gasteiger partial charge in [-0.05, 0) is 37.3 Å². The second-order valence-electron chi connectivity index (χ2n) is 7.81. The van der Waals surface area contributed by atoms with Crippen molar-refractivity contribution >= 4 is 17.5 Å². The lowest BCUT2D eigenvalue weighted by Gasteiger charge is -2.28. The Morgan fingerprint density at radius 2 is 1.87 bits per heavy atom. The molecule has 0 radical (unpaired) electrons. The van der Waals surface area contributed by atoms with Crippen LogP contribution in [0.25, 0.3) is 0 Å². The van der Waals surface area contributed by atoms with Crippen LogP contribution >= 0.6 is 0 Å². The number of rotatable bonds is 5. The molecule has 2 aromatic heterocycles. The van der Waals surface area contributed by atoms with Gasteiger partial charge >= 0.3 is 6.18 Å². The summed E-state index contributed by atoms with van der Waals surface area (Å²) in [5, 5.41) is 10.5. The number of aromatic nitrogens is 4. The average Bonchev–Trinajstić information content (AvgIpc) is 3.28. The number of hydrogen-bond donors (Lipinski definition) is 2. The molecule has 2 fully saturated rings. The minimum absolute atomic E-state index is 0.289. The summed E-state index contributed by atoms with van der Waals surface area (Å²) in [6.07, 6.45) is 0.835. The second kappa shape index (κ2) is 7.30. The molecule has 3 aromatic rings. The first-order valence-corrected chi connectivity index (χ1v) is 10.1. The number of halogens is 3. The molecule has 1 atom stereocenters. The van der Waals surface area contributed by atoms with Crippen molar-refractivity contribution in [3.8, 4) is 0 Å². The Hall–Kier alpha value is -3.10. The lowest BCUT2D eigenvalue weighted by molar-refractivity contribution is -0.138. The summed E-state index contributed by atoms with van der Waals surface area (Å²) < 4.78 is 40.6. The lowest BCUT2D eigenvalue weighted by atomic mass is 9.98. The molecule has 156 valence electrons. The number of H-pyrrole nitrogens is 1. The minimum Gasteiger partial charge on any atom is -0.349 e. The van der Waals surface area contributed by atoms with Crippen LogP contribution in [-0.4, -0.2) is 26.7 Å². The standard InChI is InChI=1S/C21H21F3N6/c22-21(23,24)15-5-2-1-4-14(15)17-6-3-9-30(17)20-11-18(25-12-26-20)27-19-10-16(28-29-19)13-7-8-13/h1-2,4-5,10-13,17H,3,6-9H2,(H2,25,26,27,28,29). The van der Waals surface area contributed by atoms with Gasteiger partial charge in [-0.15, -0.1) is 0 Å². The van der Waals surface area contributed by atoms with E-state index in [4.69, 9.17) is 0 Å². The smallest absolute Gasteiger partial charge is 0.349 e. The fraction of sp³-hybridized carbons (Fsp3) is 0.381. The first-order valence-electron chi connectivity index (χ1n) is 10.1. The van der Waals surface area contributed by atoms with Gasteiger partial charge in [-0.3, -0.25) is 5.10 Å². The zero-order valence-electron chi connectivity index (χ0n) is 16.2. The molecular weight excluding hydrogens is 393 g/mol. The molecule has 1 saturated carbocycles. The van der Waals surface area contributed by atoms with Crippen molar-refractivity contribution in [2.75, 3.05) is 16.8 Å². The molecule has 5 rings (SSSR count). The van der Waals surface area contributed by atoms with Crippen LogP contribution in [0.4, 0.5) is 30.6 Å². The van der Waals surface area contributed by atoms with Crippen molar-refractivity contribution in [3.63, 3.8) is 0 Å². The Morgan fingerprint density at radius 1 is 1.03 bits per heavy atom. The summed E-state index contributed by atoms with van der Waals surface area (Å²) in [6, 6.07) is 9.15. The van der Waals surface area contributed by atoms with Crippen LogP contribution in [0, 0.1) is 0 Å². The second-order valence-corrected chi connectivity index (χ2v) is 7.81. The van der Waals surface area contributed by atoms with E-state index in [0.717, 1.165) is 18.2 Å². The van der Waals surface area contributed by atoms with Gasteiger partial charge in [-0.1, -0.05) is 18.2 Å². The Balaban J connectivity index is 1.40. The van der Waals surface area contributed by atoms with Crippen LogP contribution < -0.4 is 10.2 Å². The van der Waals surface area contributed by atoms with Crippen LogP contribution in [0.1, 0.15) is 54.5 Å². The molecule has 1 unspecified atom stereocenters. The van der Waals surface area contributed by atoms with Gasteiger partial charge in [0.2, 0.25) is 0 Å². The molecule has 3 heterocycles. The van der Waals surface area contributed by atoms with E-state index in [0.29, 0.717) is 36.3 Å². The van der Waals surface area contributed by atoms with Gasteiger partial charge in [0.25, 0.3) is 0 Å². The van der Waals surface area contributed by atoms with E-state index >= 15 is 0 Å². The van der Waals surface area contributed by atoms with Crippen molar-refractivity contribution in [2.24, 2.45) is 0 Å². The summed E-state index contributed by atoms with van der Waals surface area (Å²) in [6.45, 7) is 0.640. The molecular formula is C21H21F3N6. The van der Waals surface area contributed by atoms with E-state index in [-0.39, 0.29) is 11.6 Å². The molecule has 0 amide bonds. The average molecular weight is 414 g/mol. The maximum absolute atomic E-state index is 13.5. The zero-order valence-corrected chi connectivity index (χ0v) is 16.2. The van der Waals surface area contributed by atoms with Gasteiger partial charge in [-0.2, -0.15) is 18.3 Å². The lowest BCUT2D eigenvalue weighted by Crippen LogP contribution is -2.26. The van der Waals surface area contributed by atoms with Gasteiger partial charge in [-0.25, -0.2) is 9.97 Å². The Morgan fingerprint density at radius 3 is 2.67 bits per heavy atom. The van der Waals surface area contributed by atoms with E-state index < -0.39 is 11.7 Å². The highest BCUT2D eigenvalue weighted by atomic mass is 19.4. The summed E-state index contributed by atoms with van der Waals surface area (Å²) >= 11 is 0. The summed E-state index contributed by atoms with van der Waals surface area (Å²) in [5.41, 5.74) is 0.811. The quantitative estimate of drug-likeness (QED) is 0.602. The number of benzene rings is 1. The first-order chi connectivity index (χ1) is 14.5. The molecule has 1 aliphatic heterocycles. The first kappa shape index (κ1) is 18.9. The molecule has 0 bridgehead atoms. The highest BCUT2D eigenvalue weighted by Crippen LogP contribution is 2.42. The number of nitrogens with one attached hydrogen (secondary N) is 2. The maximum atomic E-state index is 13.5. The molecule has 0 spiro atoms. The third kappa shape index (κ3) is 3.71. The summed E-state index contributed by atoms with van der Waals surface area (Å²) in [5.74, 6) is 2.39. The largest absolute Gasteiger partial charge is 0.416 e. The van der Waals surface area contributed by atoms with Crippen molar-refractivity contribution in [2.45, 2.75) is 43.8 Å². The number of anilines is 3. The molecule has 1 aromatic carbocycles. The highest BCUT2D eigenvalue weighted by Gasteiger charge is 2.38. The molecule has 9 heteroatoms. The van der Waals surface area contributed by atoms with Crippen molar-refractivity contribution in [1.29, 1.82) is 0 Å². The van der Waals surface area contributed by atoms with Crippen LogP contribution in [0.15, 0.2) is 42.7 Å². The Kier molecular flexibility index (Phi) is 4.60. The predicted octanol–water partition coefficient (Wildman–Crippen LogP) is 5.18. The third-order valence-electron chi connectivity index (χ3n) is 5.70. The van der Waals surface area contributed by atoms with Gasteiger partial charge in [0.15, 0.2) is 5.82 Å². The van der Waals surface area contributed by atoms with Crippen molar-refractivity contribution in [3.05, 3.63) is 59.5 Å². The molecule has 2 aliphatic rings. The van der Waals surface area contributed by atoms with Gasteiger partial charge in [0.1, 0.15) is 18.0 Å². The highest BCUT2D eigenvalue weighted by molar-refractivity contribution is 5.58. The van der Waals surface area contributed by atoms with Gasteiger partial charge in [0.05, 0.1) is 11.6 Å². The zero-order chi connectivity index (χ0) is 20.7. The summed E-state index contributed by atoms with van der Waals surface area (Å²) in [7, 11) is 0. The normalized spacial score (nSPS) is 19.3. The number of nitrogens with zero attached hydrogens (tertiary/aromatic N) is 4. The third-order valence-corrected chi connectivity index (χ3v) is 5.70. The van der Waals surface area contributed by atoms with Crippen molar-refractivity contribution in [1.82, 2.24) is 20.2 Å². The fourth-order valence-electron chi connectivity index (χ4n) is 4.12. The predicted molar refractivity (Wildman–Crippen MR) is 107 cm³/mol. The van der Waals surface area contributed by atoms with E-state index in [1.165, 1.54) is 25.2 Å². The maximum Gasteiger partial charge on any atom is 0.416 e. The number of aromatic amines is 1. The van der Waals surface area contributed by atoms with Crippen LogP contribution in [0.3, 0.4) is 0 Å². The van der Waals surface area contributed by atoms with Crippen molar-refractivity contribution < 1.29 is 13.2 Å². The van der Waals surface area contributed by atoms with E-state index in [1.807, 2.05) is 11.0 Å². The molecule has 6 nitrogen and oxygen atoms in total. The van der Waals surface area contributed by atoms with E-state index in [9.17, 15) is 13.2 Å². The van der Waals surface area contributed by atoms with Gasteiger partial charge in [0, 0.05) is 30.3 Å². The summed E-state index contributed by atoms with van der Waals surface area (Å²) in [4.78, 5) is 10.5. The van der Waals surface area contributed by atoms with Gasteiger partial charge < -0.3 is 10.2 Å².